The Bertz CT molecular complexity index is 1820. The van der Waals surface area contributed by atoms with Crippen molar-refractivity contribution in [1.82, 2.24) is 4.57 Å². The van der Waals surface area contributed by atoms with Crippen LogP contribution in [0, 0.1) is 0 Å². The van der Waals surface area contributed by atoms with Gasteiger partial charge in [0.25, 0.3) is 0 Å². The molecule has 10 nitrogen and oxygen atoms in total. The number of carbonyl (C=O) groups is 3. The number of aryl methyl sites for hydroxylation is 1. The summed E-state index contributed by atoms with van der Waals surface area (Å²) in [6.45, 7) is 5.35. The molecule has 0 radical (unpaired) electrons. The summed E-state index contributed by atoms with van der Waals surface area (Å²) in [6.07, 6.45) is -1.58. The molecule has 2 heterocycles. The van der Waals surface area contributed by atoms with Crippen LogP contribution >= 0.6 is 0 Å². The standard InChI is InChI=1S/C33H35NO9/c1-6-7-12-25(37)41-31-28-23(43-33(2,3)32(31)42-26(38)14-13-24(35)36)17-22(40-5)27-29(28)34(4)21-16-19-11-9-8-10-18(19)15-20(21)30(27)39/h8-11,15-17,31-32H,6-7,12-14H2,1-5H3,(H,35,36)/t31-,32-/m1/s1. The summed E-state index contributed by atoms with van der Waals surface area (Å²) in [7, 11) is 3.27. The molecule has 0 spiro atoms. The highest BCUT2D eigenvalue weighted by molar-refractivity contribution is 6.04. The van der Waals surface area contributed by atoms with Crippen molar-refractivity contribution < 1.29 is 38.4 Å². The van der Waals surface area contributed by atoms with Gasteiger partial charge in [-0.1, -0.05) is 37.6 Å². The molecule has 1 aliphatic rings. The van der Waals surface area contributed by atoms with Crippen LogP contribution in [-0.2, 0) is 30.9 Å². The topological polar surface area (TPSA) is 130 Å². The Morgan fingerprint density at radius 1 is 1.00 bits per heavy atom. The van der Waals surface area contributed by atoms with E-state index in [0.29, 0.717) is 34.2 Å². The number of ether oxygens (including phenoxy) is 4. The number of unbranched alkanes of at least 4 members (excludes halogenated alkanes) is 1. The minimum Gasteiger partial charge on any atom is -0.496 e. The fourth-order valence-electron chi connectivity index (χ4n) is 5.78. The van der Waals surface area contributed by atoms with Crippen LogP contribution in [0.3, 0.4) is 0 Å². The second-order valence-corrected chi connectivity index (χ2v) is 11.3. The van der Waals surface area contributed by atoms with Crippen molar-refractivity contribution in [2.24, 2.45) is 7.05 Å². The van der Waals surface area contributed by atoms with E-state index in [1.54, 1.807) is 19.9 Å². The number of rotatable bonds is 9. The van der Waals surface area contributed by atoms with Gasteiger partial charge in [-0.05, 0) is 43.2 Å². The molecule has 0 aliphatic carbocycles. The Kier molecular flexibility index (Phi) is 8.05. The number of esters is 2. The highest BCUT2D eigenvalue weighted by atomic mass is 16.6. The van der Waals surface area contributed by atoms with Crippen LogP contribution in [0.4, 0.5) is 0 Å². The van der Waals surface area contributed by atoms with Crippen LogP contribution in [-0.4, -0.2) is 46.4 Å². The molecule has 1 N–H and O–H groups in total. The van der Waals surface area contributed by atoms with Gasteiger partial charge in [0.05, 0.1) is 41.9 Å². The summed E-state index contributed by atoms with van der Waals surface area (Å²) in [5.41, 5.74) is -0.0539. The van der Waals surface area contributed by atoms with Crippen molar-refractivity contribution in [3.63, 3.8) is 0 Å². The molecular formula is C33H35NO9. The van der Waals surface area contributed by atoms with Gasteiger partial charge in [0, 0.05) is 24.9 Å². The third kappa shape index (κ3) is 5.49. The first-order valence-electron chi connectivity index (χ1n) is 14.3. The number of aromatic nitrogens is 1. The highest BCUT2D eigenvalue weighted by Crippen LogP contribution is 2.49. The summed E-state index contributed by atoms with van der Waals surface area (Å²) in [4.78, 5) is 51.3. The first kappa shape index (κ1) is 29.9. The summed E-state index contributed by atoms with van der Waals surface area (Å²) < 4.78 is 25.9. The Labute approximate surface area is 248 Å². The number of carbonyl (C=O) groups excluding carboxylic acids is 2. The number of fused-ring (bicyclic) bond motifs is 5. The Balaban J connectivity index is 1.81. The fraction of sp³-hybridized carbons (Fsp3) is 0.394. The second-order valence-electron chi connectivity index (χ2n) is 11.3. The molecule has 10 heteroatoms. The first-order valence-corrected chi connectivity index (χ1v) is 14.3. The van der Waals surface area contributed by atoms with Gasteiger partial charge in [0.15, 0.2) is 12.2 Å². The van der Waals surface area contributed by atoms with Crippen LogP contribution in [0.25, 0.3) is 32.6 Å². The molecule has 2 atom stereocenters. The molecule has 0 amide bonds. The van der Waals surface area contributed by atoms with Gasteiger partial charge < -0.3 is 28.6 Å². The minimum atomic E-state index is -1.20. The molecule has 4 aromatic rings. The first-order chi connectivity index (χ1) is 20.5. The third-order valence-corrected chi connectivity index (χ3v) is 7.93. The molecule has 5 rings (SSSR count). The number of methoxy groups -OCH3 is 1. The molecule has 1 aromatic heterocycles. The maximum atomic E-state index is 14.2. The van der Waals surface area contributed by atoms with Gasteiger partial charge in [-0.25, -0.2) is 0 Å². The highest BCUT2D eigenvalue weighted by Gasteiger charge is 2.50. The van der Waals surface area contributed by atoms with E-state index in [1.807, 2.05) is 54.9 Å². The monoisotopic (exact) mass is 589 g/mol. The third-order valence-electron chi connectivity index (χ3n) is 7.93. The molecule has 3 aromatic carbocycles. The maximum absolute atomic E-state index is 14.2. The molecule has 0 unspecified atom stereocenters. The van der Waals surface area contributed by atoms with Crippen LogP contribution in [0.2, 0.25) is 0 Å². The normalized spacial score (nSPS) is 17.3. The zero-order valence-corrected chi connectivity index (χ0v) is 24.9. The molecular weight excluding hydrogens is 554 g/mol. The average Bonchev–Trinajstić information content (AvgIpc) is 2.97. The van der Waals surface area contributed by atoms with Crippen molar-refractivity contribution in [3.05, 3.63) is 58.3 Å². The fourth-order valence-corrected chi connectivity index (χ4v) is 5.78. The summed E-state index contributed by atoms with van der Waals surface area (Å²) in [6, 6.07) is 13.1. The van der Waals surface area contributed by atoms with E-state index >= 15 is 0 Å². The van der Waals surface area contributed by atoms with Crippen molar-refractivity contribution in [3.8, 4) is 11.5 Å². The number of carboxylic acids is 1. The maximum Gasteiger partial charge on any atom is 0.306 e. The Hall–Kier alpha value is -4.60. The molecule has 0 fully saturated rings. The van der Waals surface area contributed by atoms with E-state index in [-0.39, 0.29) is 29.4 Å². The number of benzene rings is 3. The smallest absolute Gasteiger partial charge is 0.306 e. The van der Waals surface area contributed by atoms with Gasteiger partial charge in [0.2, 0.25) is 5.43 Å². The van der Waals surface area contributed by atoms with Gasteiger partial charge in [-0.2, -0.15) is 0 Å². The van der Waals surface area contributed by atoms with E-state index in [2.05, 4.69) is 0 Å². The van der Waals surface area contributed by atoms with E-state index in [9.17, 15) is 19.2 Å². The van der Waals surface area contributed by atoms with E-state index in [1.165, 1.54) is 7.11 Å². The van der Waals surface area contributed by atoms with Crippen molar-refractivity contribution in [2.45, 2.75) is 70.7 Å². The quantitative estimate of drug-likeness (QED) is 0.196. The van der Waals surface area contributed by atoms with E-state index < -0.39 is 42.1 Å². The van der Waals surface area contributed by atoms with Crippen LogP contribution in [0.5, 0.6) is 11.5 Å². The number of nitrogens with zero attached hydrogens (tertiary/aromatic N) is 1. The number of aliphatic carboxylic acids is 1. The zero-order chi connectivity index (χ0) is 31.1. The number of hydrogen-bond donors (Lipinski definition) is 1. The second kappa shape index (κ2) is 11.6. The van der Waals surface area contributed by atoms with Crippen LogP contribution in [0.15, 0.2) is 47.3 Å². The summed E-state index contributed by atoms with van der Waals surface area (Å²) >= 11 is 0. The van der Waals surface area contributed by atoms with Crippen LogP contribution < -0.4 is 14.9 Å². The molecule has 43 heavy (non-hydrogen) atoms. The predicted molar refractivity (Wildman–Crippen MR) is 161 cm³/mol. The largest absolute Gasteiger partial charge is 0.496 e. The number of carboxylic acid groups (broad SMARTS) is 1. The summed E-state index contributed by atoms with van der Waals surface area (Å²) in [5.74, 6) is -1.81. The molecule has 226 valence electrons. The van der Waals surface area contributed by atoms with E-state index in [4.69, 9.17) is 24.1 Å². The van der Waals surface area contributed by atoms with E-state index in [0.717, 1.165) is 17.2 Å². The van der Waals surface area contributed by atoms with Crippen LogP contribution in [0.1, 0.15) is 64.5 Å². The van der Waals surface area contributed by atoms with Crippen molar-refractivity contribution >= 4 is 50.5 Å². The minimum absolute atomic E-state index is 0.144. The lowest BCUT2D eigenvalue weighted by Gasteiger charge is -2.44. The number of pyridine rings is 1. The van der Waals surface area contributed by atoms with Crippen molar-refractivity contribution in [2.75, 3.05) is 7.11 Å². The molecule has 0 bridgehead atoms. The molecule has 0 saturated carbocycles. The predicted octanol–water partition coefficient (Wildman–Crippen LogP) is 5.58. The number of hydrogen-bond acceptors (Lipinski definition) is 8. The lowest BCUT2D eigenvalue weighted by atomic mass is 9.86. The molecule has 1 aliphatic heterocycles. The Morgan fingerprint density at radius 2 is 1.67 bits per heavy atom. The lowest BCUT2D eigenvalue weighted by molar-refractivity contribution is -0.190. The summed E-state index contributed by atoms with van der Waals surface area (Å²) in [5, 5.41) is 11.7. The van der Waals surface area contributed by atoms with Gasteiger partial charge in [-0.3, -0.25) is 19.2 Å². The SMILES string of the molecule is CCCCC(=O)O[C@@H]1c2c(cc(OC)c3c(=O)c4cc5ccccc5cc4n(C)c23)OC(C)(C)[C@@H]1OC(=O)CCC(=O)O. The van der Waals surface area contributed by atoms with Gasteiger partial charge >= 0.3 is 17.9 Å². The zero-order valence-electron chi connectivity index (χ0n) is 24.9. The van der Waals surface area contributed by atoms with Gasteiger partial charge in [-0.15, -0.1) is 0 Å². The average molecular weight is 590 g/mol. The van der Waals surface area contributed by atoms with Crippen molar-refractivity contribution in [1.29, 1.82) is 0 Å². The Morgan fingerprint density at radius 3 is 2.33 bits per heavy atom. The van der Waals surface area contributed by atoms with Gasteiger partial charge in [0.1, 0.15) is 17.1 Å². The molecule has 0 saturated heterocycles. The lowest BCUT2D eigenvalue weighted by Crippen LogP contribution is -2.52.